The average Bonchev–Trinajstić information content (AvgIpc) is 2.75. The molecule has 0 saturated carbocycles. The smallest absolute Gasteiger partial charge is 0.0855 e. The molecule has 1 rings (SSSR count). The van der Waals surface area contributed by atoms with Crippen LogP contribution < -0.4 is 5.73 Å². The summed E-state index contributed by atoms with van der Waals surface area (Å²) in [5.74, 6) is 0. The van der Waals surface area contributed by atoms with Gasteiger partial charge in [-0.15, -0.1) is 0 Å². The largest absolute Gasteiger partial charge is 0.376 e. The molecule has 0 saturated heterocycles. The van der Waals surface area contributed by atoms with Gasteiger partial charge in [-0.05, 0) is 43.4 Å². The first-order valence-electron chi connectivity index (χ1n) is 6.52. The maximum Gasteiger partial charge on any atom is 0.0855 e. The zero-order valence-corrected chi connectivity index (χ0v) is 14.1. The third kappa shape index (κ3) is 3.78. The molecule has 0 radical (unpaired) electrons. The Morgan fingerprint density at radius 2 is 2.21 bits per heavy atom. The van der Waals surface area contributed by atoms with Gasteiger partial charge in [0.05, 0.1) is 34.6 Å². The van der Waals surface area contributed by atoms with Crippen molar-refractivity contribution in [1.82, 2.24) is 14.7 Å². The van der Waals surface area contributed by atoms with Gasteiger partial charge >= 0.3 is 0 Å². The number of nitrogens with zero attached hydrogens (tertiary/aromatic N) is 3. The molecule has 0 aliphatic heterocycles. The van der Waals surface area contributed by atoms with Gasteiger partial charge < -0.3 is 15.4 Å². The summed E-state index contributed by atoms with van der Waals surface area (Å²) in [4.78, 5) is 2.13. The number of likely N-dealkylation sites (N-methyl/N-ethyl adjacent to an activating group) is 1. The topological polar surface area (TPSA) is 56.3 Å². The van der Waals surface area contributed by atoms with E-state index in [1.807, 2.05) is 25.7 Å². The van der Waals surface area contributed by atoms with Gasteiger partial charge in [0.15, 0.2) is 0 Å². The average molecular weight is 333 g/mol. The third-order valence-corrected chi connectivity index (χ3v) is 4.32. The van der Waals surface area contributed by atoms with Crippen molar-refractivity contribution in [2.24, 2.45) is 5.73 Å². The molecule has 0 aliphatic rings. The lowest BCUT2D eigenvalue weighted by Crippen LogP contribution is -2.41. The maximum atomic E-state index is 6.42. The molecule has 0 bridgehead atoms. The molecule has 0 amide bonds. The van der Waals surface area contributed by atoms with Crippen LogP contribution >= 0.6 is 15.9 Å². The molecule has 6 heteroatoms. The van der Waals surface area contributed by atoms with E-state index >= 15 is 0 Å². The highest BCUT2D eigenvalue weighted by Crippen LogP contribution is 2.33. The van der Waals surface area contributed by atoms with Crippen LogP contribution in [0, 0.1) is 0 Å². The molecule has 1 heterocycles. The summed E-state index contributed by atoms with van der Waals surface area (Å²) in [6.45, 7) is 5.85. The number of rotatable bonds is 7. The molecule has 0 aliphatic carbocycles. The first kappa shape index (κ1) is 16.6. The summed E-state index contributed by atoms with van der Waals surface area (Å²) in [5.41, 5.74) is 7.02. The SMILES string of the molecule is CCC(C)(OC)C(N)c1c(Br)cnn1CCN(C)C. The van der Waals surface area contributed by atoms with Crippen molar-refractivity contribution in [3.05, 3.63) is 16.4 Å². The minimum Gasteiger partial charge on any atom is -0.376 e. The van der Waals surface area contributed by atoms with Gasteiger partial charge in [0, 0.05) is 13.7 Å². The van der Waals surface area contributed by atoms with Gasteiger partial charge in [-0.25, -0.2) is 0 Å². The zero-order valence-electron chi connectivity index (χ0n) is 12.5. The normalized spacial score (nSPS) is 16.6. The Morgan fingerprint density at radius 3 is 2.68 bits per heavy atom. The van der Waals surface area contributed by atoms with E-state index in [-0.39, 0.29) is 6.04 Å². The monoisotopic (exact) mass is 332 g/mol. The van der Waals surface area contributed by atoms with Crippen molar-refractivity contribution in [3.8, 4) is 0 Å². The van der Waals surface area contributed by atoms with Gasteiger partial charge in [-0.1, -0.05) is 6.92 Å². The standard InChI is InChI=1S/C13H25BrN4O/c1-6-13(2,19-5)12(15)11-10(14)9-16-18(11)8-7-17(3)4/h9,12H,6-8,15H2,1-5H3. The van der Waals surface area contributed by atoms with E-state index in [1.54, 1.807) is 13.3 Å². The molecular formula is C13H25BrN4O. The van der Waals surface area contributed by atoms with Crippen LogP contribution in [0.5, 0.6) is 0 Å². The van der Waals surface area contributed by atoms with E-state index < -0.39 is 5.60 Å². The number of ether oxygens (including phenoxy) is 1. The summed E-state index contributed by atoms with van der Waals surface area (Å²) in [6, 6.07) is -0.221. The summed E-state index contributed by atoms with van der Waals surface area (Å²) in [5, 5.41) is 4.40. The van der Waals surface area contributed by atoms with Crippen molar-refractivity contribution in [1.29, 1.82) is 0 Å². The van der Waals surface area contributed by atoms with Gasteiger partial charge in [0.2, 0.25) is 0 Å². The van der Waals surface area contributed by atoms with Crippen molar-refractivity contribution >= 4 is 15.9 Å². The van der Waals surface area contributed by atoms with Crippen LogP contribution in [0.1, 0.15) is 32.0 Å². The summed E-state index contributed by atoms with van der Waals surface area (Å²) in [6.07, 6.45) is 2.65. The fourth-order valence-electron chi connectivity index (χ4n) is 1.93. The Morgan fingerprint density at radius 1 is 1.58 bits per heavy atom. The second kappa shape index (κ2) is 6.83. The molecule has 5 nitrogen and oxygen atoms in total. The second-order valence-electron chi connectivity index (χ2n) is 5.25. The molecule has 2 N–H and O–H groups in total. The number of methoxy groups -OCH3 is 1. The van der Waals surface area contributed by atoms with Crippen LogP contribution in [0.3, 0.4) is 0 Å². The fraction of sp³-hybridized carbons (Fsp3) is 0.769. The zero-order chi connectivity index (χ0) is 14.6. The van der Waals surface area contributed by atoms with Gasteiger partial charge in [-0.3, -0.25) is 4.68 Å². The molecule has 0 fully saturated rings. The molecular weight excluding hydrogens is 308 g/mol. The number of halogens is 1. The van der Waals surface area contributed by atoms with Crippen LogP contribution in [0.2, 0.25) is 0 Å². The highest BCUT2D eigenvalue weighted by Gasteiger charge is 2.34. The van der Waals surface area contributed by atoms with Crippen LogP contribution in [0.4, 0.5) is 0 Å². The second-order valence-corrected chi connectivity index (χ2v) is 6.11. The minimum absolute atomic E-state index is 0.221. The van der Waals surface area contributed by atoms with Gasteiger partial charge in [0.25, 0.3) is 0 Å². The summed E-state index contributed by atoms with van der Waals surface area (Å²) < 4.78 is 8.51. The van der Waals surface area contributed by atoms with Crippen LogP contribution in [-0.2, 0) is 11.3 Å². The molecule has 110 valence electrons. The highest BCUT2D eigenvalue weighted by atomic mass is 79.9. The first-order chi connectivity index (χ1) is 8.85. The Hall–Kier alpha value is -0.430. The summed E-state index contributed by atoms with van der Waals surface area (Å²) >= 11 is 3.54. The Labute approximate surface area is 124 Å². The van der Waals surface area contributed by atoms with Gasteiger partial charge in [-0.2, -0.15) is 5.10 Å². The molecule has 2 atom stereocenters. The number of nitrogens with two attached hydrogens (primary N) is 1. The number of hydrogen-bond donors (Lipinski definition) is 1. The lowest BCUT2D eigenvalue weighted by atomic mass is 9.91. The number of hydrogen-bond acceptors (Lipinski definition) is 4. The van der Waals surface area contributed by atoms with E-state index in [0.717, 1.165) is 29.7 Å². The van der Waals surface area contributed by atoms with Crippen molar-refractivity contribution in [2.75, 3.05) is 27.7 Å². The van der Waals surface area contributed by atoms with Crippen molar-refractivity contribution in [2.45, 2.75) is 38.5 Å². The predicted molar refractivity (Wildman–Crippen MR) is 81.1 cm³/mol. The molecule has 0 aromatic carbocycles. The Balaban J connectivity index is 3.01. The maximum absolute atomic E-state index is 6.42. The molecule has 2 unspecified atom stereocenters. The van der Waals surface area contributed by atoms with Crippen LogP contribution in [0.25, 0.3) is 0 Å². The van der Waals surface area contributed by atoms with Crippen LogP contribution in [0.15, 0.2) is 10.7 Å². The van der Waals surface area contributed by atoms with E-state index in [1.165, 1.54) is 0 Å². The van der Waals surface area contributed by atoms with E-state index in [2.05, 4.69) is 32.9 Å². The van der Waals surface area contributed by atoms with E-state index in [0.29, 0.717) is 0 Å². The van der Waals surface area contributed by atoms with E-state index in [9.17, 15) is 0 Å². The van der Waals surface area contributed by atoms with Gasteiger partial charge in [0.1, 0.15) is 0 Å². The number of aromatic nitrogens is 2. The Kier molecular flexibility index (Phi) is 5.98. The third-order valence-electron chi connectivity index (χ3n) is 3.71. The fourth-order valence-corrected chi connectivity index (χ4v) is 2.48. The highest BCUT2D eigenvalue weighted by molar-refractivity contribution is 9.10. The molecule has 1 aromatic rings. The molecule has 19 heavy (non-hydrogen) atoms. The minimum atomic E-state index is -0.390. The lowest BCUT2D eigenvalue weighted by Gasteiger charge is -2.33. The predicted octanol–water partition coefficient (Wildman–Crippen LogP) is 2.02. The van der Waals surface area contributed by atoms with Crippen LogP contribution in [-0.4, -0.2) is 48.0 Å². The van der Waals surface area contributed by atoms with Crippen molar-refractivity contribution < 1.29 is 4.74 Å². The molecule has 1 aromatic heterocycles. The quantitative estimate of drug-likeness (QED) is 0.829. The molecule has 0 spiro atoms. The van der Waals surface area contributed by atoms with E-state index in [4.69, 9.17) is 10.5 Å². The van der Waals surface area contributed by atoms with Crippen molar-refractivity contribution in [3.63, 3.8) is 0 Å². The first-order valence-corrected chi connectivity index (χ1v) is 7.31. The Bertz CT molecular complexity index is 401. The lowest BCUT2D eigenvalue weighted by molar-refractivity contribution is -0.0217. The summed E-state index contributed by atoms with van der Waals surface area (Å²) in [7, 11) is 5.80.